The third kappa shape index (κ3) is 4.17. The summed E-state index contributed by atoms with van der Waals surface area (Å²) in [6.45, 7) is 5.18. The molecule has 0 saturated carbocycles. The SMILES string of the molecule is CCN(CC)C(=O)Cc1nc(-c2ccc(OC)cc2)c(-c2ccc(O)cc2)o1. The van der Waals surface area contributed by atoms with E-state index in [-0.39, 0.29) is 18.1 Å². The van der Waals surface area contributed by atoms with Crippen molar-refractivity contribution in [1.82, 2.24) is 9.88 Å². The smallest absolute Gasteiger partial charge is 0.231 e. The Morgan fingerprint density at radius 3 is 2.21 bits per heavy atom. The van der Waals surface area contributed by atoms with Crippen LogP contribution in [-0.2, 0) is 11.2 Å². The van der Waals surface area contributed by atoms with Crippen LogP contribution in [0.2, 0.25) is 0 Å². The first-order chi connectivity index (χ1) is 13.5. The number of methoxy groups -OCH3 is 1. The first-order valence-corrected chi connectivity index (χ1v) is 9.27. The Morgan fingerprint density at radius 1 is 1.04 bits per heavy atom. The number of nitrogens with zero attached hydrogens (tertiary/aromatic N) is 2. The third-order valence-electron chi connectivity index (χ3n) is 4.58. The number of hydrogen-bond acceptors (Lipinski definition) is 5. The summed E-state index contributed by atoms with van der Waals surface area (Å²) in [5.41, 5.74) is 2.28. The van der Waals surface area contributed by atoms with Crippen molar-refractivity contribution in [1.29, 1.82) is 0 Å². The molecule has 3 rings (SSSR count). The molecule has 0 aliphatic carbocycles. The van der Waals surface area contributed by atoms with Gasteiger partial charge in [0.05, 0.1) is 7.11 Å². The molecule has 0 bridgehead atoms. The Bertz CT molecular complexity index is 926. The van der Waals surface area contributed by atoms with Crippen LogP contribution in [0.15, 0.2) is 52.9 Å². The second-order valence-electron chi connectivity index (χ2n) is 6.30. The molecule has 28 heavy (non-hydrogen) atoms. The van der Waals surface area contributed by atoms with Gasteiger partial charge in [0.1, 0.15) is 23.6 Å². The minimum Gasteiger partial charge on any atom is -0.508 e. The average molecular weight is 380 g/mol. The van der Waals surface area contributed by atoms with Crippen LogP contribution in [0.5, 0.6) is 11.5 Å². The highest BCUT2D eigenvalue weighted by Gasteiger charge is 2.20. The number of phenolic OH excluding ortho intramolecular Hbond substituents is 1. The van der Waals surface area contributed by atoms with E-state index in [1.807, 2.05) is 38.1 Å². The van der Waals surface area contributed by atoms with Crippen LogP contribution in [0.1, 0.15) is 19.7 Å². The number of likely N-dealkylation sites (N-methyl/N-ethyl adjacent to an activating group) is 1. The number of rotatable bonds is 7. The number of aromatic hydroxyl groups is 1. The fourth-order valence-electron chi connectivity index (χ4n) is 3.01. The van der Waals surface area contributed by atoms with Crippen molar-refractivity contribution in [2.75, 3.05) is 20.2 Å². The van der Waals surface area contributed by atoms with Gasteiger partial charge in [-0.15, -0.1) is 0 Å². The largest absolute Gasteiger partial charge is 0.508 e. The Kier molecular flexibility index (Phi) is 5.99. The Labute approximate surface area is 164 Å². The molecule has 0 unspecified atom stereocenters. The lowest BCUT2D eigenvalue weighted by Crippen LogP contribution is -2.31. The second kappa shape index (κ2) is 8.61. The summed E-state index contributed by atoms with van der Waals surface area (Å²) in [6, 6.07) is 14.2. The lowest BCUT2D eigenvalue weighted by Gasteiger charge is -2.17. The van der Waals surface area contributed by atoms with Crippen LogP contribution >= 0.6 is 0 Å². The maximum Gasteiger partial charge on any atom is 0.231 e. The highest BCUT2D eigenvalue weighted by atomic mass is 16.5. The van der Waals surface area contributed by atoms with Gasteiger partial charge in [-0.1, -0.05) is 0 Å². The third-order valence-corrected chi connectivity index (χ3v) is 4.58. The maximum atomic E-state index is 12.5. The number of benzene rings is 2. The van der Waals surface area contributed by atoms with Crippen LogP contribution in [-0.4, -0.2) is 41.1 Å². The molecule has 6 heteroatoms. The van der Waals surface area contributed by atoms with E-state index in [0.29, 0.717) is 30.4 Å². The number of phenols is 1. The number of hydrogen-bond donors (Lipinski definition) is 1. The molecule has 3 aromatic rings. The van der Waals surface area contributed by atoms with Gasteiger partial charge in [0, 0.05) is 24.2 Å². The molecule has 1 aromatic heterocycles. The zero-order chi connectivity index (χ0) is 20.1. The van der Waals surface area contributed by atoms with Gasteiger partial charge in [-0.3, -0.25) is 4.79 Å². The molecule has 6 nitrogen and oxygen atoms in total. The van der Waals surface area contributed by atoms with E-state index in [0.717, 1.165) is 16.9 Å². The van der Waals surface area contributed by atoms with E-state index in [1.165, 1.54) is 0 Å². The summed E-state index contributed by atoms with van der Waals surface area (Å²) < 4.78 is 11.2. The van der Waals surface area contributed by atoms with Gasteiger partial charge in [0.25, 0.3) is 0 Å². The normalized spacial score (nSPS) is 10.7. The van der Waals surface area contributed by atoms with E-state index in [1.54, 1.807) is 36.3 Å². The van der Waals surface area contributed by atoms with Crippen molar-refractivity contribution >= 4 is 5.91 Å². The molecule has 2 aromatic carbocycles. The molecule has 0 saturated heterocycles. The number of aromatic nitrogens is 1. The van der Waals surface area contributed by atoms with Crippen molar-refractivity contribution < 1.29 is 19.1 Å². The second-order valence-corrected chi connectivity index (χ2v) is 6.30. The minimum absolute atomic E-state index is 0.0233. The van der Waals surface area contributed by atoms with Crippen molar-refractivity contribution in [2.24, 2.45) is 0 Å². The van der Waals surface area contributed by atoms with Crippen molar-refractivity contribution in [3.63, 3.8) is 0 Å². The van der Waals surface area contributed by atoms with Crippen LogP contribution < -0.4 is 4.74 Å². The van der Waals surface area contributed by atoms with Gasteiger partial charge in [-0.25, -0.2) is 4.98 Å². The fraction of sp³-hybridized carbons (Fsp3) is 0.273. The minimum atomic E-state index is -0.0233. The number of amides is 1. The van der Waals surface area contributed by atoms with Crippen LogP contribution in [0, 0.1) is 0 Å². The molecule has 0 radical (unpaired) electrons. The number of carbonyl (C=O) groups excluding carboxylic acids is 1. The van der Waals surface area contributed by atoms with Crippen molar-refractivity contribution in [3.8, 4) is 34.1 Å². The Morgan fingerprint density at radius 2 is 1.64 bits per heavy atom. The zero-order valence-corrected chi connectivity index (χ0v) is 16.3. The first kappa shape index (κ1) is 19.5. The molecule has 1 heterocycles. The zero-order valence-electron chi connectivity index (χ0n) is 16.3. The lowest BCUT2D eigenvalue weighted by molar-refractivity contribution is -0.130. The standard InChI is InChI=1S/C22H24N2O4/c1-4-24(5-2)20(26)14-19-23-21(15-8-12-18(27-3)13-9-15)22(28-19)16-6-10-17(25)11-7-16/h6-13,25H,4-5,14H2,1-3H3. The molecular weight excluding hydrogens is 356 g/mol. The van der Waals surface area contributed by atoms with E-state index in [4.69, 9.17) is 9.15 Å². The van der Waals surface area contributed by atoms with Crippen LogP contribution in [0.4, 0.5) is 0 Å². The van der Waals surface area contributed by atoms with E-state index >= 15 is 0 Å². The number of oxazole rings is 1. The predicted octanol–water partition coefficient (Wildman–Crippen LogP) is 4.13. The van der Waals surface area contributed by atoms with Crippen LogP contribution in [0.25, 0.3) is 22.6 Å². The molecule has 0 aliphatic heterocycles. The molecule has 0 spiro atoms. The molecular formula is C22H24N2O4. The van der Waals surface area contributed by atoms with E-state index in [2.05, 4.69) is 4.98 Å². The Balaban J connectivity index is 2.01. The van der Waals surface area contributed by atoms with Gasteiger partial charge < -0.3 is 19.2 Å². The predicted molar refractivity (Wildman–Crippen MR) is 107 cm³/mol. The topological polar surface area (TPSA) is 75.8 Å². The average Bonchev–Trinajstić information content (AvgIpc) is 3.13. The molecule has 1 N–H and O–H groups in total. The summed E-state index contributed by atoms with van der Waals surface area (Å²) in [4.78, 5) is 18.8. The van der Waals surface area contributed by atoms with E-state index in [9.17, 15) is 9.90 Å². The summed E-state index contributed by atoms with van der Waals surface area (Å²) in [5, 5.41) is 9.58. The molecule has 0 fully saturated rings. The molecule has 0 atom stereocenters. The number of carbonyl (C=O) groups is 1. The summed E-state index contributed by atoms with van der Waals surface area (Å²) in [5.74, 6) is 1.82. The highest BCUT2D eigenvalue weighted by Crippen LogP contribution is 2.34. The fourth-order valence-corrected chi connectivity index (χ4v) is 3.01. The summed E-state index contributed by atoms with van der Waals surface area (Å²) in [6.07, 6.45) is 0.100. The van der Waals surface area contributed by atoms with Crippen LogP contribution in [0.3, 0.4) is 0 Å². The van der Waals surface area contributed by atoms with Crippen molar-refractivity contribution in [2.45, 2.75) is 20.3 Å². The molecule has 146 valence electrons. The quantitative estimate of drug-likeness (QED) is 0.667. The van der Waals surface area contributed by atoms with Gasteiger partial charge in [-0.05, 0) is 62.4 Å². The first-order valence-electron chi connectivity index (χ1n) is 9.27. The van der Waals surface area contributed by atoms with Gasteiger partial charge in [0.2, 0.25) is 11.8 Å². The summed E-state index contributed by atoms with van der Waals surface area (Å²) >= 11 is 0. The number of ether oxygens (including phenoxy) is 1. The van der Waals surface area contributed by atoms with Crippen molar-refractivity contribution in [3.05, 3.63) is 54.4 Å². The maximum absolute atomic E-state index is 12.5. The highest BCUT2D eigenvalue weighted by molar-refractivity contribution is 5.80. The van der Waals surface area contributed by atoms with E-state index < -0.39 is 0 Å². The monoisotopic (exact) mass is 380 g/mol. The molecule has 1 amide bonds. The molecule has 0 aliphatic rings. The van der Waals surface area contributed by atoms with Gasteiger partial charge in [0.15, 0.2) is 5.76 Å². The summed E-state index contributed by atoms with van der Waals surface area (Å²) in [7, 11) is 1.61. The van der Waals surface area contributed by atoms with Gasteiger partial charge >= 0.3 is 0 Å². The Hall–Kier alpha value is -3.28. The lowest BCUT2D eigenvalue weighted by atomic mass is 10.1. The van der Waals surface area contributed by atoms with Gasteiger partial charge in [-0.2, -0.15) is 0 Å².